The monoisotopic (exact) mass is 255 g/mol. The second-order valence-electron chi connectivity index (χ2n) is 4.17. The second-order valence-corrected chi connectivity index (χ2v) is 6.28. The van der Waals surface area contributed by atoms with E-state index in [0.29, 0.717) is 17.4 Å². The Bertz CT molecular complexity index is 410. The van der Waals surface area contributed by atoms with Crippen molar-refractivity contribution in [2.45, 2.75) is 37.1 Å². The van der Waals surface area contributed by atoms with Crippen molar-refractivity contribution in [1.29, 1.82) is 0 Å². The molecule has 0 fully saturated rings. The second kappa shape index (κ2) is 6.77. The van der Waals surface area contributed by atoms with Gasteiger partial charge in [-0.05, 0) is 38.4 Å². The van der Waals surface area contributed by atoms with Crippen LogP contribution in [0.3, 0.4) is 0 Å². The van der Waals surface area contributed by atoms with E-state index in [1.54, 1.807) is 24.3 Å². The minimum absolute atomic E-state index is 0.231. The predicted octanol–water partition coefficient (Wildman–Crippen LogP) is 2.24. The molecular weight excluding hydrogens is 234 g/mol. The van der Waals surface area contributed by atoms with Crippen LogP contribution in [0.2, 0.25) is 0 Å². The van der Waals surface area contributed by atoms with Crippen LogP contribution in [0.5, 0.6) is 0 Å². The van der Waals surface area contributed by atoms with Crippen LogP contribution in [0.25, 0.3) is 0 Å². The molecule has 1 aromatic rings. The van der Waals surface area contributed by atoms with E-state index in [-0.39, 0.29) is 5.75 Å². The van der Waals surface area contributed by atoms with Crippen molar-refractivity contribution in [3.63, 3.8) is 0 Å². The van der Waals surface area contributed by atoms with Crippen molar-refractivity contribution in [1.82, 2.24) is 5.32 Å². The number of sulfone groups is 1. The molecule has 1 unspecified atom stereocenters. The van der Waals surface area contributed by atoms with E-state index in [1.165, 1.54) is 0 Å². The zero-order valence-corrected chi connectivity index (χ0v) is 11.3. The Balaban J connectivity index is 2.52. The average molecular weight is 255 g/mol. The van der Waals surface area contributed by atoms with Gasteiger partial charge in [0, 0.05) is 6.04 Å². The van der Waals surface area contributed by atoms with Crippen molar-refractivity contribution in [3.05, 3.63) is 30.3 Å². The van der Waals surface area contributed by atoms with Crippen molar-refractivity contribution < 1.29 is 8.42 Å². The van der Waals surface area contributed by atoms with Gasteiger partial charge in [-0.2, -0.15) is 0 Å². The molecule has 0 aliphatic carbocycles. The van der Waals surface area contributed by atoms with Gasteiger partial charge in [-0.15, -0.1) is 0 Å². The lowest BCUT2D eigenvalue weighted by molar-refractivity contribution is 0.500. The van der Waals surface area contributed by atoms with Crippen LogP contribution in [0.4, 0.5) is 0 Å². The fourth-order valence-electron chi connectivity index (χ4n) is 1.82. The first-order chi connectivity index (χ1) is 8.10. The summed E-state index contributed by atoms with van der Waals surface area (Å²) in [6.07, 6.45) is 2.64. The summed E-state index contributed by atoms with van der Waals surface area (Å²) in [5, 5.41) is 3.18. The molecule has 0 aromatic heterocycles. The number of benzene rings is 1. The van der Waals surface area contributed by atoms with E-state index in [4.69, 9.17) is 0 Å². The lowest BCUT2D eigenvalue weighted by Crippen LogP contribution is -2.24. The van der Waals surface area contributed by atoms with E-state index >= 15 is 0 Å². The molecular formula is C13H21NO2S. The van der Waals surface area contributed by atoms with Gasteiger partial charge in [-0.1, -0.05) is 25.1 Å². The molecule has 1 rings (SSSR count). The van der Waals surface area contributed by atoms with Gasteiger partial charge in [0.1, 0.15) is 0 Å². The summed E-state index contributed by atoms with van der Waals surface area (Å²) in [7, 11) is -1.18. The number of rotatable bonds is 7. The molecule has 1 N–H and O–H groups in total. The summed E-state index contributed by atoms with van der Waals surface area (Å²) in [5.41, 5.74) is 0. The van der Waals surface area contributed by atoms with Gasteiger partial charge < -0.3 is 5.32 Å². The Hall–Kier alpha value is -0.870. The Morgan fingerprint density at radius 3 is 2.41 bits per heavy atom. The van der Waals surface area contributed by atoms with Crippen LogP contribution in [-0.2, 0) is 9.84 Å². The van der Waals surface area contributed by atoms with Gasteiger partial charge in [-0.3, -0.25) is 0 Å². The van der Waals surface area contributed by atoms with Crippen LogP contribution in [0.1, 0.15) is 26.2 Å². The molecule has 0 heterocycles. The SMILES string of the molecule is CCC(CCCS(=O)(=O)c1ccccc1)NC. The molecule has 4 heteroatoms. The zero-order valence-electron chi connectivity index (χ0n) is 10.5. The van der Waals surface area contributed by atoms with Crippen LogP contribution in [0.15, 0.2) is 35.2 Å². The van der Waals surface area contributed by atoms with E-state index < -0.39 is 9.84 Å². The molecule has 1 aromatic carbocycles. The summed E-state index contributed by atoms with van der Waals surface area (Å²) < 4.78 is 23.9. The molecule has 0 saturated carbocycles. The van der Waals surface area contributed by atoms with Crippen molar-refractivity contribution in [3.8, 4) is 0 Å². The predicted molar refractivity (Wildman–Crippen MR) is 70.9 cm³/mol. The van der Waals surface area contributed by atoms with E-state index in [1.807, 2.05) is 13.1 Å². The highest BCUT2D eigenvalue weighted by Gasteiger charge is 2.14. The molecule has 0 radical (unpaired) electrons. The van der Waals surface area contributed by atoms with Gasteiger partial charge >= 0.3 is 0 Å². The maximum Gasteiger partial charge on any atom is 0.178 e. The minimum atomic E-state index is -3.10. The molecule has 3 nitrogen and oxygen atoms in total. The summed E-state index contributed by atoms with van der Waals surface area (Å²) in [6, 6.07) is 9.08. The lowest BCUT2D eigenvalue weighted by Gasteiger charge is -2.13. The highest BCUT2D eigenvalue weighted by atomic mass is 32.2. The molecule has 0 aliphatic heterocycles. The van der Waals surface area contributed by atoms with Gasteiger partial charge in [0.25, 0.3) is 0 Å². The molecule has 0 spiro atoms. The lowest BCUT2D eigenvalue weighted by atomic mass is 10.1. The fourth-order valence-corrected chi connectivity index (χ4v) is 3.17. The third-order valence-electron chi connectivity index (χ3n) is 2.97. The largest absolute Gasteiger partial charge is 0.317 e. The summed E-state index contributed by atoms with van der Waals surface area (Å²) in [4.78, 5) is 0.428. The summed E-state index contributed by atoms with van der Waals surface area (Å²) >= 11 is 0. The molecule has 0 aliphatic rings. The van der Waals surface area contributed by atoms with Gasteiger partial charge in [-0.25, -0.2) is 8.42 Å². The quantitative estimate of drug-likeness (QED) is 0.812. The molecule has 1 atom stereocenters. The first-order valence-corrected chi connectivity index (χ1v) is 7.70. The summed E-state index contributed by atoms with van der Waals surface area (Å²) in [6.45, 7) is 2.10. The Labute approximate surface area is 104 Å². The van der Waals surface area contributed by atoms with Gasteiger partial charge in [0.15, 0.2) is 9.84 Å². The highest BCUT2D eigenvalue weighted by molar-refractivity contribution is 7.91. The van der Waals surface area contributed by atoms with Gasteiger partial charge in [0.2, 0.25) is 0 Å². The van der Waals surface area contributed by atoms with Crippen LogP contribution >= 0.6 is 0 Å². The van der Waals surface area contributed by atoms with E-state index in [2.05, 4.69) is 12.2 Å². The number of nitrogens with one attached hydrogen (secondary N) is 1. The molecule has 0 amide bonds. The maximum absolute atomic E-state index is 12.0. The Morgan fingerprint density at radius 1 is 1.24 bits per heavy atom. The number of hydrogen-bond acceptors (Lipinski definition) is 3. The standard InChI is InChI=1S/C13H21NO2S/c1-3-12(14-2)8-7-11-17(15,16)13-9-5-4-6-10-13/h4-6,9-10,12,14H,3,7-8,11H2,1-2H3. The Morgan fingerprint density at radius 2 is 1.88 bits per heavy atom. The molecule has 0 saturated heterocycles. The van der Waals surface area contributed by atoms with Crippen LogP contribution in [0, 0.1) is 0 Å². The van der Waals surface area contributed by atoms with Crippen LogP contribution < -0.4 is 5.32 Å². The Kier molecular flexibility index (Phi) is 5.65. The zero-order chi connectivity index (χ0) is 12.7. The molecule has 0 bridgehead atoms. The minimum Gasteiger partial charge on any atom is -0.317 e. The van der Waals surface area contributed by atoms with E-state index in [9.17, 15) is 8.42 Å². The third-order valence-corrected chi connectivity index (χ3v) is 4.79. The molecule has 17 heavy (non-hydrogen) atoms. The first kappa shape index (κ1) is 14.2. The van der Waals surface area contributed by atoms with Gasteiger partial charge in [0.05, 0.1) is 10.6 Å². The topological polar surface area (TPSA) is 46.2 Å². The number of hydrogen-bond donors (Lipinski definition) is 1. The fraction of sp³-hybridized carbons (Fsp3) is 0.538. The summed E-state index contributed by atoms with van der Waals surface area (Å²) in [5.74, 6) is 0.231. The van der Waals surface area contributed by atoms with Crippen molar-refractivity contribution >= 4 is 9.84 Å². The van der Waals surface area contributed by atoms with Crippen molar-refractivity contribution in [2.24, 2.45) is 0 Å². The average Bonchev–Trinajstić information content (AvgIpc) is 2.36. The normalized spacial score (nSPS) is 13.5. The van der Waals surface area contributed by atoms with Crippen molar-refractivity contribution in [2.75, 3.05) is 12.8 Å². The maximum atomic E-state index is 12.0. The van der Waals surface area contributed by atoms with E-state index in [0.717, 1.165) is 12.8 Å². The highest BCUT2D eigenvalue weighted by Crippen LogP contribution is 2.13. The first-order valence-electron chi connectivity index (χ1n) is 6.05. The third kappa shape index (κ3) is 4.48. The van der Waals surface area contributed by atoms with Crippen LogP contribution in [-0.4, -0.2) is 27.3 Å². The molecule has 96 valence electrons. The smallest absolute Gasteiger partial charge is 0.178 e.